The number of amides is 1. The summed E-state index contributed by atoms with van der Waals surface area (Å²) >= 11 is 0. The fourth-order valence-electron chi connectivity index (χ4n) is 2.35. The number of aryl methyl sites for hydroxylation is 1. The van der Waals surface area contributed by atoms with Gasteiger partial charge in [0.25, 0.3) is 6.33 Å². The number of likely N-dealkylation sites (tertiary alicyclic amines) is 1. The zero-order valence-electron chi connectivity index (χ0n) is 8.67. The van der Waals surface area contributed by atoms with Gasteiger partial charge >= 0.3 is 6.03 Å². The van der Waals surface area contributed by atoms with E-state index in [4.69, 9.17) is 4.74 Å². The van der Waals surface area contributed by atoms with Gasteiger partial charge in [0, 0.05) is 0 Å². The van der Waals surface area contributed by atoms with Crippen molar-refractivity contribution in [1.29, 1.82) is 0 Å². The summed E-state index contributed by atoms with van der Waals surface area (Å²) in [7, 11) is 1.91. The third-order valence-electron chi connectivity index (χ3n) is 3.14. The minimum atomic E-state index is 0.0615. The van der Waals surface area contributed by atoms with Crippen molar-refractivity contribution in [3.63, 3.8) is 0 Å². The molecule has 2 aliphatic heterocycles. The van der Waals surface area contributed by atoms with Gasteiger partial charge in [0.15, 0.2) is 0 Å². The van der Waals surface area contributed by atoms with Crippen LogP contribution in [-0.2, 0) is 11.8 Å². The minimum Gasteiger partial charge on any atom is -0.374 e. The molecule has 2 saturated heterocycles. The molecule has 3 rings (SSSR count). The van der Waals surface area contributed by atoms with Crippen LogP contribution >= 0.6 is 0 Å². The van der Waals surface area contributed by atoms with Gasteiger partial charge in [-0.2, -0.15) is 4.57 Å². The lowest BCUT2D eigenvalue weighted by Crippen LogP contribution is -2.43. The molecule has 0 aliphatic carbocycles. The van der Waals surface area contributed by atoms with Crippen molar-refractivity contribution in [3.8, 4) is 0 Å². The average Bonchev–Trinajstić information content (AvgIpc) is 2.90. The fraction of sp³-hybridized carbons (Fsp3) is 0.600. The molecule has 0 saturated carbocycles. The molecule has 1 aromatic heterocycles. The Morgan fingerprint density at radius 2 is 2.47 bits per heavy atom. The van der Waals surface area contributed by atoms with Crippen LogP contribution in [-0.4, -0.2) is 40.8 Å². The van der Waals surface area contributed by atoms with Gasteiger partial charge in [-0.05, 0) is 6.42 Å². The molecule has 5 nitrogen and oxygen atoms in total. The van der Waals surface area contributed by atoms with Gasteiger partial charge in [0.05, 0.1) is 32.3 Å². The molecule has 1 amide bonds. The largest absolute Gasteiger partial charge is 0.416 e. The van der Waals surface area contributed by atoms with E-state index in [9.17, 15) is 4.79 Å². The van der Waals surface area contributed by atoms with E-state index in [0.29, 0.717) is 6.61 Å². The molecular weight excluding hydrogens is 194 g/mol. The van der Waals surface area contributed by atoms with Gasteiger partial charge in [-0.3, -0.25) is 4.90 Å². The third kappa shape index (κ3) is 1.34. The lowest BCUT2D eigenvalue weighted by molar-refractivity contribution is -0.670. The molecule has 2 aliphatic rings. The van der Waals surface area contributed by atoms with Crippen LogP contribution in [0.3, 0.4) is 0 Å². The van der Waals surface area contributed by atoms with Gasteiger partial charge in [0.2, 0.25) is 0 Å². The molecule has 0 unspecified atom stereocenters. The molecule has 3 heterocycles. The monoisotopic (exact) mass is 208 g/mol. The second-order valence-electron chi connectivity index (χ2n) is 4.27. The number of nitrogens with zero attached hydrogens (tertiary/aromatic N) is 3. The van der Waals surface area contributed by atoms with Crippen LogP contribution < -0.4 is 4.57 Å². The Bertz CT molecular complexity index is 401. The number of fused-ring (bicyclic) bond motifs is 2. The number of imidazole rings is 1. The van der Waals surface area contributed by atoms with Crippen LogP contribution in [0.2, 0.25) is 0 Å². The Labute approximate surface area is 87.9 Å². The Balaban J connectivity index is 1.81. The number of aromatic nitrogens is 2. The van der Waals surface area contributed by atoms with Crippen molar-refractivity contribution in [2.75, 3.05) is 13.2 Å². The van der Waals surface area contributed by atoms with Crippen molar-refractivity contribution < 1.29 is 14.1 Å². The first kappa shape index (κ1) is 8.91. The van der Waals surface area contributed by atoms with Crippen LogP contribution in [0.1, 0.15) is 6.42 Å². The summed E-state index contributed by atoms with van der Waals surface area (Å²) in [5, 5.41) is 0. The maximum atomic E-state index is 12.1. The first-order valence-corrected chi connectivity index (χ1v) is 5.20. The van der Waals surface area contributed by atoms with Crippen molar-refractivity contribution in [3.05, 3.63) is 18.7 Å². The van der Waals surface area contributed by atoms with Crippen molar-refractivity contribution in [2.45, 2.75) is 18.6 Å². The molecule has 2 fully saturated rings. The van der Waals surface area contributed by atoms with Crippen LogP contribution in [0.4, 0.5) is 4.79 Å². The summed E-state index contributed by atoms with van der Waals surface area (Å²) in [6, 6.07) is 0.349. The summed E-state index contributed by atoms with van der Waals surface area (Å²) in [4.78, 5) is 14.0. The number of carbonyl (C=O) groups is 1. The Morgan fingerprint density at radius 1 is 1.60 bits per heavy atom. The SMILES string of the molecule is C[n+]1ccn(C(=O)N2C[C@@H]3C[C@H]2CO3)c1. The summed E-state index contributed by atoms with van der Waals surface area (Å²) in [5.41, 5.74) is 0. The fourth-order valence-corrected chi connectivity index (χ4v) is 2.35. The molecule has 2 bridgehead atoms. The molecule has 0 N–H and O–H groups in total. The molecule has 5 heteroatoms. The highest BCUT2D eigenvalue weighted by Crippen LogP contribution is 2.28. The van der Waals surface area contributed by atoms with E-state index in [1.165, 1.54) is 0 Å². The highest BCUT2D eigenvalue weighted by atomic mass is 16.5. The van der Waals surface area contributed by atoms with Gasteiger partial charge in [0.1, 0.15) is 12.4 Å². The van der Waals surface area contributed by atoms with Crippen molar-refractivity contribution in [1.82, 2.24) is 9.47 Å². The predicted octanol–water partition coefficient (Wildman–Crippen LogP) is -0.246. The number of hydrogen-bond donors (Lipinski definition) is 0. The molecule has 0 spiro atoms. The number of rotatable bonds is 0. The van der Waals surface area contributed by atoms with Gasteiger partial charge in [-0.25, -0.2) is 9.36 Å². The Kier molecular flexibility index (Phi) is 1.82. The second kappa shape index (κ2) is 3.06. The number of carbonyl (C=O) groups excluding carboxylic acids is 1. The summed E-state index contributed by atoms with van der Waals surface area (Å²) < 4.78 is 8.95. The van der Waals surface area contributed by atoms with E-state index in [-0.39, 0.29) is 18.2 Å². The maximum Gasteiger partial charge on any atom is 0.416 e. The minimum absolute atomic E-state index is 0.0615. The average molecular weight is 208 g/mol. The molecule has 15 heavy (non-hydrogen) atoms. The maximum absolute atomic E-state index is 12.1. The first-order chi connectivity index (χ1) is 7.24. The van der Waals surface area contributed by atoms with Gasteiger partial charge in [-0.15, -0.1) is 0 Å². The Hall–Kier alpha value is -1.36. The summed E-state index contributed by atoms with van der Waals surface area (Å²) in [5.74, 6) is 0. The van der Waals surface area contributed by atoms with Crippen LogP contribution in [0, 0.1) is 0 Å². The molecule has 0 aromatic carbocycles. The predicted molar refractivity (Wildman–Crippen MR) is 51.3 cm³/mol. The van der Waals surface area contributed by atoms with E-state index >= 15 is 0 Å². The van der Waals surface area contributed by atoms with E-state index in [0.717, 1.165) is 13.0 Å². The highest BCUT2D eigenvalue weighted by Gasteiger charge is 2.43. The topological polar surface area (TPSA) is 38.3 Å². The zero-order chi connectivity index (χ0) is 10.4. The smallest absolute Gasteiger partial charge is 0.374 e. The van der Waals surface area contributed by atoms with E-state index < -0.39 is 0 Å². The lowest BCUT2D eigenvalue weighted by Gasteiger charge is -2.24. The van der Waals surface area contributed by atoms with Crippen LogP contribution in [0.25, 0.3) is 0 Å². The lowest BCUT2D eigenvalue weighted by atomic mass is 10.2. The molecule has 0 radical (unpaired) electrons. The number of ether oxygens (including phenoxy) is 1. The molecular formula is C10H14N3O2+. The number of hydrogen-bond acceptors (Lipinski definition) is 2. The molecule has 80 valence electrons. The zero-order valence-corrected chi connectivity index (χ0v) is 8.67. The molecule has 1 aromatic rings. The van der Waals surface area contributed by atoms with Crippen LogP contribution in [0.15, 0.2) is 18.7 Å². The van der Waals surface area contributed by atoms with E-state index in [1.807, 2.05) is 22.7 Å². The number of morpholine rings is 1. The molecule has 2 atom stereocenters. The summed E-state index contributed by atoms with van der Waals surface area (Å²) in [6.07, 6.45) is 6.70. The highest BCUT2D eigenvalue weighted by molar-refractivity contribution is 5.77. The normalized spacial score (nSPS) is 28.7. The van der Waals surface area contributed by atoms with E-state index in [1.54, 1.807) is 17.1 Å². The van der Waals surface area contributed by atoms with E-state index in [2.05, 4.69) is 0 Å². The summed E-state index contributed by atoms with van der Waals surface area (Å²) in [6.45, 7) is 1.44. The first-order valence-electron chi connectivity index (χ1n) is 5.20. The second-order valence-corrected chi connectivity index (χ2v) is 4.27. The van der Waals surface area contributed by atoms with Crippen molar-refractivity contribution >= 4 is 6.03 Å². The van der Waals surface area contributed by atoms with Crippen molar-refractivity contribution in [2.24, 2.45) is 7.05 Å². The van der Waals surface area contributed by atoms with Gasteiger partial charge in [-0.1, -0.05) is 0 Å². The van der Waals surface area contributed by atoms with Gasteiger partial charge < -0.3 is 4.74 Å². The Morgan fingerprint density at radius 3 is 3.00 bits per heavy atom. The van der Waals surface area contributed by atoms with Crippen LogP contribution in [0.5, 0.6) is 0 Å². The third-order valence-corrected chi connectivity index (χ3v) is 3.14. The quantitative estimate of drug-likeness (QED) is 0.552. The standard InChI is InChI=1S/C10H14N3O2/c1-11-2-3-12(7-11)10(14)13-5-9-4-8(13)6-15-9/h2-3,7-9H,4-6H2,1H3/q+1/t8-,9-/m0/s1.